The Morgan fingerprint density at radius 2 is 1.77 bits per heavy atom. The van der Waals surface area contributed by atoms with Gasteiger partial charge < -0.3 is 19.7 Å². The third kappa shape index (κ3) is 6.28. The molecule has 0 aliphatic carbocycles. The van der Waals surface area contributed by atoms with Crippen molar-refractivity contribution in [3.8, 4) is 0 Å². The summed E-state index contributed by atoms with van der Waals surface area (Å²) in [7, 11) is -4.62. The second kappa shape index (κ2) is 7.46. The molecular formula is C6H6NNa2O3P. The molecule has 0 amide bonds. The van der Waals surface area contributed by atoms with Gasteiger partial charge in [0.15, 0.2) is 0 Å². The molecule has 0 atom stereocenters. The molecule has 13 heavy (non-hydrogen) atoms. The summed E-state index contributed by atoms with van der Waals surface area (Å²) >= 11 is 0. The maximum atomic E-state index is 10.4. The van der Waals surface area contributed by atoms with Crippen molar-refractivity contribution in [2.24, 2.45) is 0 Å². The molecule has 0 saturated carbocycles. The van der Waals surface area contributed by atoms with Crippen LogP contribution in [0.3, 0.4) is 0 Å². The molecule has 1 rings (SSSR count). The third-order valence-corrected chi connectivity index (χ3v) is 1.97. The Morgan fingerprint density at radius 3 is 2.31 bits per heavy atom. The molecule has 0 fully saturated rings. The maximum absolute atomic E-state index is 10.4. The van der Waals surface area contributed by atoms with E-state index in [1.54, 1.807) is 12.2 Å². The van der Waals surface area contributed by atoms with Crippen LogP contribution in [-0.2, 0) is 4.57 Å². The van der Waals surface area contributed by atoms with Gasteiger partial charge in [0.05, 0.1) is 0 Å². The van der Waals surface area contributed by atoms with Gasteiger partial charge in [-0.05, 0) is 19.7 Å². The Morgan fingerprint density at radius 1 is 1.15 bits per heavy atom. The summed E-state index contributed by atoms with van der Waals surface area (Å²) in [5, 5.41) is 2.35. The van der Waals surface area contributed by atoms with Crippen LogP contribution in [0.25, 0.3) is 0 Å². The number of allylic oxidation sites excluding steroid dienone is 4. The van der Waals surface area contributed by atoms with Crippen LogP contribution in [0.1, 0.15) is 0 Å². The van der Waals surface area contributed by atoms with Crippen molar-refractivity contribution in [2.45, 2.75) is 0 Å². The Bertz CT molecular complexity index is 282. The first-order valence-electron chi connectivity index (χ1n) is 2.93. The van der Waals surface area contributed by atoms with Gasteiger partial charge in [-0.15, -0.1) is 0 Å². The zero-order chi connectivity index (χ0) is 8.32. The molecule has 0 unspecified atom stereocenters. The minimum atomic E-state index is -4.62. The standard InChI is InChI=1S/C6H8NO3P.2Na/c8-11(9,10)6-4-2-1-3-5-7-6;;/h1-5,7H,(H2,8,9,10);;/q;2*+1/p-2. The molecule has 60 valence electrons. The molecule has 0 radical (unpaired) electrons. The maximum Gasteiger partial charge on any atom is 1.00 e. The first kappa shape index (κ1) is 16.6. The van der Waals surface area contributed by atoms with Gasteiger partial charge in [0.2, 0.25) is 0 Å². The molecule has 4 nitrogen and oxygen atoms in total. The van der Waals surface area contributed by atoms with Gasteiger partial charge in [-0.3, -0.25) is 0 Å². The molecule has 0 aromatic rings. The number of nitrogens with one attached hydrogen (secondary N) is 1. The average molecular weight is 217 g/mol. The molecule has 0 saturated heterocycles. The molecule has 0 bridgehead atoms. The quantitative estimate of drug-likeness (QED) is 0.350. The van der Waals surface area contributed by atoms with E-state index in [1.807, 2.05) is 0 Å². The van der Waals surface area contributed by atoms with Gasteiger partial charge in [-0.25, -0.2) is 0 Å². The van der Waals surface area contributed by atoms with Crippen LogP contribution in [0, 0.1) is 0 Å². The van der Waals surface area contributed by atoms with Crippen LogP contribution in [0.4, 0.5) is 0 Å². The van der Waals surface area contributed by atoms with Crippen molar-refractivity contribution in [1.82, 2.24) is 5.32 Å². The van der Waals surface area contributed by atoms with Crippen LogP contribution in [0.15, 0.2) is 35.9 Å². The summed E-state index contributed by atoms with van der Waals surface area (Å²) in [4.78, 5) is 20.8. The largest absolute Gasteiger partial charge is 1.00 e. The molecular weight excluding hydrogens is 211 g/mol. The van der Waals surface area contributed by atoms with Crippen molar-refractivity contribution >= 4 is 7.60 Å². The molecule has 0 aromatic heterocycles. The normalized spacial score (nSPS) is 14.5. The van der Waals surface area contributed by atoms with Crippen LogP contribution in [-0.4, -0.2) is 0 Å². The molecule has 1 N–H and O–H groups in total. The van der Waals surface area contributed by atoms with Gasteiger partial charge in [-0.2, -0.15) is 0 Å². The summed E-state index contributed by atoms with van der Waals surface area (Å²) < 4.78 is 10.4. The molecule has 7 heteroatoms. The second-order valence-corrected chi connectivity index (χ2v) is 3.41. The van der Waals surface area contributed by atoms with E-state index in [2.05, 4.69) is 5.32 Å². The van der Waals surface area contributed by atoms with Crippen molar-refractivity contribution in [3.05, 3.63) is 35.9 Å². The van der Waals surface area contributed by atoms with E-state index >= 15 is 0 Å². The fourth-order valence-corrected chi connectivity index (χ4v) is 1.12. The molecule has 0 spiro atoms. The second-order valence-electron chi connectivity index (χ2n) is 1.94. The minimum absolute atomic E-state index is 0. The molecule has 1 heterocycles. The summed E-state index contributed by atoms with van der Waals surface area (Å²) in [6.07, 6.45) is 7.31. The first-order chi connectivity index (χ1) is 5.11. The zero-order valence-electron chi connectivity index (χ0n) is 7.56. The Balaban J connectivity index is 0. The van der Waals surface area contributed by atoms with E-state index in [4.69, 9.17) is 0 Å². The number of hydrogen-bond donors (Lipinski definition) is 1. The molecule has 1 aliphatic rings. The van der Waals surface area contributed by atoms with Crippen molar-refractivity contribution < 1.29 is 73.5 Å². The third-order valence-electron chi connectivity index (χ3n) is 1.10. The van der Waals surface area contributed by atoms with Gasteiger partial charge >= 0.3 is 59.1 Å². The Hall–Kier alpha value is 1.17. The van der Waals surface area contributed by atoms with Crippen molar-refractivity contribution in [1.29, 1.82) is 0 Å². The van der Waals surface area contributed by atoms with Gasteiger partial charge in [0.25, 0.3) is 0 Å². The number of hydrogen-bond acceptors (Lipinski definition) is 4. The average Bonchev–Trinajstić information content (AvgIpc) is 2.10. The van der Waals surface area contributed by atoms with Gasteiger partial charge in [0, 0.05) is 11.6 Å². The van der Waals surface area contributed by atoms with Crippen molar-refractivity contribution in [2.75, 3.05) is 0 Å². The minimum Gasteiger partial charge on any atom is -0.806 e. The Kier molecular flexibility index (Phi) is 9.52. The van der Waals surface area contributed by atoms with E-state index in [9.17, 15) is 14.4 Å². The van der Waals surface area contributed by atoms with E-state index in [0.29, 0.717) is 0 Å². The first-order valence-corrected chi connectivity index (χ1v) is 4.47. The van der Waals surface area contributed by atoms with Crippen LogP contribution < -0.4 is 74.2 Å². The zero-order valence-corrected chi connectivity index (χ0v) is 12.5. The summed E-state index contributed by atoms with van der Waals surface area (Å²) in [5.74, 6) is 0. The summed E-state index contributed by atoms with van der Waals surface area (Å²) in [6.45, 7) is 0. The van der Waals surface area contributed by atoms with Gasteiger partial charge in [-0.1, -0.05) is 12.2 Å². The summed E-state index contributed by atoms with van der Waals surface area (Å²) in [5.41, 5.74) is -0.303. The van der Waals surface area contributed by atoms with E-state index in [0.717, 1.165) is 0 Å². The monoisotopic (exact) mass is 217 g/mol. The number of rotatable bonds is 1. The van der Waals surface area contributed by atoms with E-state index in [-0.39, 0.29) is 64.6 Å². The van der Waals surface area contributed by atoms with Crippen molar-refractivity contribution in [3.63, 3.8) is 0 Å². The van der Waals surface area contributed by atoms with E-state index < -0.39 is 7.60 Å². The fourth-order valence-electron chi connectivity index (χ4n) is 0.618. The fraction of sp³-hybridized carbons (Fsp3) is 0. The van der Waals surface area contributed by atoms with Crippen LogP contribution >= 0.6 is 7.60 Å². The van der Waals surface area contributed by atoms with E-state index in [1.165, 1.54) is 18.4 Å². The topological polar surface area (TPSA) is 75.2 Å². The smallest absolute Gasteiger partial charge is 0.806 e. The molecule has 1 aliphatic heterocycles. The summed E-state index contributed by atoms with van der Waals surface area (Å²) in [6, 6.07) is 0. The van der Waals surface area contributed by atoms with Crippen LogP contribution in [0.2, 0.25) is 0 Å². The molecule has 0 aromatic carbocycles. The van der Waals surface area contributed by atoms with Gasteiger partial charge in [0.1, 0.15) is 0 Å². The predicted octanol–water partition coefficient (Wildman–Crippen LogP) is -6.58. The predicted molar refractivity (Wildman–Crippen MR) is 37.1 cm³/mol. The SMILES string of the molecule is O=P([O-])([O-])C1=CC=CC=CN1.[Na+].[Na+]. The Labute approximate surface area is 121 Å². The van der Waals surface area contributed by atoms with Crippen LogP contribution in [0.5, 0.6) is 0 Å².